The molecule has 0 atom stereocenters. The predicted molar refractivity (Wildman–Crippen MR) is 109 cm³/mol. The van der Waals surface area contributed by atoms with Gasteiger partial charge >= 0.3 is 4.87 Å². The van der Waals surface area contributed by atoms with Crippen LogP contribution >= 0.6 is 11.3 Å². The highest BCUT2D eigenvalue weighted by Crippen LogP contribution is 2.34. The molecule has 6 heteroatoms. The number of para-hydroxylation sites is 1. The predicted octanol–water partition coefficient (Wildman–Crippen LogP) is 4.26. The molecule has 2 heterocycles. The number of aromatic hydroxyl groups is 1. The van der Waals surface area contributed by atoms with Crippen molar-refractivity contribution in [2.75, 3.05) is 6.61 Å². The first kappa shape index (κ1) is 17.3. The number of allylic oxidation sites excluding steroid dienone is 1. The van der Waals surface area contributed by atoms with Crippen molar-refractivity contribution in [3.63, 3.8) is 0 Å². The quantitative estimate of drug-likeness (QED) is 0.721. The fourth-order valence-electron chi connectivity index (χ4n) is 2.96. The first-order valence-corrected chi connectivity index (χ1v) is 9.41. The number of ether oxygens (including phenoxy) is 1. The summed E-state index contributed by atoms with van der Waals surface area (Å²) in [5, 5.41) is 10.5. The van der Waals surface area contributed by atoms with Crippen LogP contribution in [-0.2, 0) is 6.54 Å². The van der Waals surface area contributed by atoms with E-state index < -0.39 is 0 Å². The lowest BCUT2D eigenvalue weighted by molar-refractivity contribution is 0.286. The highest BCUT2D eigenvalue weighted by molar-refractivity contribution is 7.10. The molecule has 1 aliphatic rings. The molecule has 0 spiro atoms. The van der Waals surface area contributed by atoms with Crippen LogP contribution < -0.4 is 9.61 Å². The van der Waals surface area contributed by atoms with Gasteiger partial charge in [-0.3, -0.25) is 14.4 Å². The van der Waals surface area contributed by atoms with Gasteiger partial charge in [-0.05, 0) is 36.8 Å². The summed E-state index contributed by atoms with van der Waals surface area (Å²) in [6.07, 6.45) is 3.55. The molecule has 1 aliphatic heterocycles. The van der Waals surface area contributed by atoms with Gasteiger partial charge in [0.15, 0.2) is 0 Å². The van der Waals surface area contributed by atoms with E-state index in [2.05, 4.69) is 4.99 Å². The van der Waals surface area contributed by atoms with Crippen LogP contribution in [0.1, 0.15) is 16.0 Å². The molecule has 2 aromatic carbocycles. The van der Waals surface area contributed by atoms with Crippen LogP contribution in [0.3, 0.4) is 0 Å². The second-order valence-electron chi connectivity index (χ2n) is 6.25. The monoisotopic (exact) mass is 378 g/mol. The number of thiazole rings is 1. The molecule has 136 valence electrons. The molecule has 4 rings (SSSR count). The molecule has 0 radical (unpaired) electrons. The summed E-state index contributed by atoms with van der Waals surface area (Å²) in [5.41, 5.74) is 3.87. The molecular weight excluding hydrogens is 360 g/mol. The molecule has 0 amide bonds. The maximum absolute atomic E-state index is 12.3. The summed E-state index contributed by atoms with van der Waals surface area (Å²) >= 11 is 1.01. The van der Waals surface area contributed by atoms with Gasteiger partial charge in [0.05, 0.1) is 17.1 Å². The molecule has 5 nitrogen and oxygen atoms in total. The van der Waals surface area contributed by atoms with Gasteiger partial charge in [0.25, 0.3) is 0 Å². The van der Waals surface area contributed by atoms with E-state index in [4.69, 9.17) is 4.74 Å². The van der Waals surface area contributed by atoms with Crippen molar-refractivity contribution in [1.29, 1.82) is 0 Å². The smallest absolute Gasteiger partial charge is 0.310 e. The highest BCUT2D eigenvalue weighted by atomic mass is 32.1. The van der Waals surface area contributed by atoms with Crippen molar-refractivity contribution in [3.05, 3.63) is 74.2 Å². The Morgan fingerprint density at radius 2 is 2.07 bits per heavy atom. The normalized spacial score (nSPS) is 13.9. The number of aliphatic imine (C=N–C) groups is 1. The Morgan fingerprint density at radius 1 is 1.22 bits per heavy atom. The Hall–Kier alpha value is -3.12. The SMILES string of the molecule is Cc1cccc(OCCn2c(O)c(/C=C3/C=Nc4ccccc43)sc2=O)c1. The van der Waals surface area contributed by atoms with E-state index in [0.717, 1.165) is 39.5 Å². The number of rotatable bonds is 5. The number of nitrogens with zero attached hydrogens (tertiary/aromatic N) is 2. The van der Waals surface area contributed by atoms with E-state index in [9.17, 15) is 9.90 Å². The van der Waals surface area contributed by atoms with Crippen LogP contribution in [0.4, 0.5) is 5.69 Å². The van der Waals surface area contributed by atoms with Crippen LogP contribution in [0, 0.1) is 6.92 Å². The van der Waals surface area contributed by atoms with E-state index in [1.54, 1.807) is 12.3 Å². The van der Waals surface area contributed by atoms with Crippen molar-refractivity contribution >= 4 is 34.9 Å². The second-order valence-corrected chi connectivity index (χ2v) is 7.24. The third-order valence-electron chi connectivity index (χ3n) is 4.31. The minimum Gasteiger partial charge on any atom is -0.493 e. The zero-order chi connectivity index (χ0) is 18.8. The lowest BCUT2D eigenvalue weighted by Gasteiger charge is -2.08. The number of hydrogen-bond acceptors (Lipinski definition) is 5. The van der Waals surface area contributed by atoms with E-state index in [1.807, 2.05) is 55.5 Å². The van der Waals surface area contributed by atoms with Crippen molar-refractivity contribution < 1.29 is 9.84 Å². The summed E-state index contributed by atoms with van der Waals surface area (Å²) in [4.78, 5) is 16.9. The van der Waals surface area contributed by atoms with Crippen LogP contribution in [0.25, 0.3) is 11.6 Å². The highest BCUT2D eigenvalue weighted by Gasteiger charge is 2.16. The molecule has 0 saturated carbocycles. The van der Waals surface area contributed by atoms with Crippen LogP contribution in [0.2, 0.25) is 0 Å². The topological polar surface area (TPSA) is 63.8 Å². The summed E-state index contributed by atoms with van der Waals surface area (Å²) in [7, 11) is 0. The molecule has 0 aliphatic carbocycles. The number of aromatic nitrogens is 1. The third kappa shape index (κ3) is 3.57. The Balaban J connectivity index is 1.52. The molecule has 27 heavy (non-hydrogen) atoms. The third-order valence-corrected chi connectivity index (χ3v) is 5.23. The number of benzene rings is 2. The van der Waals surface area contributed by atoms with E-state index in [0.29, 0.717) is 11.5 Å². The van der Waals surface area contributed by atoms with Crippen molar-refractivity contribution in [3.8, 4) is 11.6 Å². The summed E-state index contributed by atoms with van der Waals surface area (Å²) < 4.78 is 7.03. The average molecular weight is 378 g/mol. The average Bonchev–Trinajstić information content (AvgIpc) is 3.18. The van der Waals surface area contributed by atoms with Gasteiger partial charge < -0.3 is 9.84 Å². The molecule has 1 N–H and O–H groups in total. The summed E-state index contributed by atoms with van der Waals surface area (Å²) in [6.45, 7) is 2.57. The number of fused-ring (bicyclic) bond motifs is 1. The zero-order valence-electron chi connectivity index (χ0n) is 14.8. The fourth-order valence-corrected chi connectivity index (χ4v) is 3.82. The van der Waals surface area contributed by atoms with Gasteiger partial charge in [-0.15, -0.1) is 0 Å². The summed E-state index contributed by atoms with van der Waals surface area (Å²) in [5.74, 6) is 0.710. The zero-order valence-corrected chi connectivity index (χ0v) is 15.6. The van der Waals surface area contributed by atoms with Gasteiger partial charge in [-0.2, -0.15) is 0 Å². The maximum Gasteiger partial charge on any atom is 0.310 e. The Morgan fingerprint density at radius 3 is 2.93 bits per heavy atom. The standard InChI is InChI=1S/C21H18N2O3S/c1-14-5-4-6-16(11-14)26-10-9-23-20(24)19(27-21(23)25)12-15-13-22-18-8-3-2-7-17(15)18/h2-8,11-13,24H,9-10H2,1H3/b15-12-. The largest absolute Gasteiger partial charge is 0.493 e. The molecule has 0 bridgehead atoms. The fraction of sp³-hybridized carbons (Fsp3) is 0.143. The maximum atomic E-state index is 12.3. The molecule has 3 aromatic rings. The minimum atomic E-state index is -0.213. The molecule has 0 unspecified atom stereocenters. The molecule has 0 fully saturated rings. The van der Waals surface area contributed by atoms with Crippen LogP contribution in [0.5, 0.6) is 11.6 Å². The van der Waals surface area contributed by atoms with Crippen molar-refractivity contribution in [1.82, 2.24) is 4.57 Å². The lowest BCUT2D eigenvalue weighted by atomic mass is 10.1. The first-order valence-electron chi connectivity index (χ1n) is 8.59. The van der Waals surface area contributed by atoms with Gasteiger partial charge in [-0.1, -0.05) is 41.7 Å². The minimum absolute atomic E-state index is 0.0388. The second kappa shape index (κ2) is 7.25. The number of hydrogen-bond donors (Lipinski definition) is 1. The first-order chi connectivity index (χ1) is 13.1. The van der Waals surface area contributed by atoms with E-state index >= 15 is 0 Å². The van der Waals surface area contributed by atoms with Crippen LogP contribution in [-0.4, -0.2) is 22.5 Å². The molecule has 1 aromatic heterocycles. The van der Waals surface area contributed by atoms with Crippen molar-refractivity contribution in [2.45, 2.75) is 13.5 Å². The van der Waals surface area contributed by atoms with Crippen molar-refractivity contribution in [2.24, 2.45) is 4.99 Å². The summed E-state index contributed by atoms with van der Waals surface area (Å²) in [6, 6.07) is 15.5. The Kier molecular flexibility index (Phi) is 4.64. The lowest BCUT2D eigenvalue weighted by Crippen LogP contribution is -2.17. The van der Waals surface area contributed by atoms with E-state index in [-0.39, 0.29) is 17.3 Å². The van der Waals surface area contributed by atoms with E-state index in [1.165, 1.54) is 4.57 Å². The van der Waals surface area contributed by atoms with Gasteiger partial charge in [0.2, 0.25) is 5.88 Å². The van der Waals surface area contributed by atoms with Crippen LogP contribution in [0.15, 0.2) is 58.3 Å². The Labute approximate surface area is 160 Å². The number of aryl methyl sites for hydroxylation is 1. The Bertz CT molecular complexity index is 1110. The molecular formula is C21H18N2O3S. The van der Waals surface area contributed by atoms with Gasteiger partial charge in [-0.25, -0.2) is 0 Å². The molecule has 0 saturated heterocycles. The van der Waals surface area contributed by atoms with Gasteiger partial charge in [0.1, 0.15) is 12.4 Å². The van der Waals surface area contributed by atoms with Gasteiger partial charge in [0, 0.05) is 17.4 Å².